The molecule has 0 radical (unpaired) electrons. The molecular formula is C74H131NO10. The summed E-state index contributed by atoms with van der Waals surface area (Å²) in [5, 5.41) is 57.2. The number of carbonyl (C=O) groups is 2. The molecular weight excluding hydrogens is 1060 g/mol. The molecule has 1 fully saturated rings. The van der Waals surface area contributed by atoms with Gasteiger partial charge in [-0.2, -0.15) is 0 Å². The average molecular weight is 1190 g/mol. The van der Waals surface area contributed by atoms with E-state index in [0.29, 0.717) is 12.8 Å². The highest BCUT2D eigenvalue weighted by atomic mass is 16.7. The first-order chi connectivity index (χ1) is 41.7. The Hall–Kier alpha value is -3.16. The summed E-state index contributed by atoms with van der Waals surface area (Å²) in [6.07, 6.45) is 70.5. The van der Waals surface area contributed by atoms with Crippen LogP contribution in [0.3, 0.4) is 0 Å². The van der Waals surface area contributed by atoms with Crippen molar-refractivity contribution in [2.45, 2.75) is 359 Å². The summed E-state index contributed by atoms with van der Waals surface area (Å²) in [5.74, 6) is -1.21. The van der Waals surface area contributed by atoms with Gasteiger partial charge >= 0.3 is 5.97 Å². The molecule has 1 saturated heterocycles. The first kappa shape index (κ1) is 79.9. The monoisotopic (exact) mass is 1190 g/mol. The van der Waals surface area contributed by atoms with Crippen LogP contribution in [0.25, 0.3) is 0 Å². The fraction of sp³-hybridized carbons (Fsp3) is 0.784. The summed E-state index contributed by atoms with van der Waals surface area (Å²) in [6, 6.07) is -1.03. The molecule has 0 aromatic heterocycles. The van der Waals surface area contributed by atoms with Crippen molar-refractivity contribution in [1.82, 2.24) is 5.32 Å². The van der Waals surface area contributed by atoms with E-state index in [1.807, 2.05) is 6.08 Å². The van der Waals surface area contributed by atoms with E-state index in [-0.39, 0.29) is 19.4 Å². The molecule has 1 aliphatic heterocycles. The zero-order chi connectivity index (χ0) is 61.7. The van der Waals surface area contributed by atoms with E-state index in [1.165, 1.54) is 167 Å². The molecule has 85 heavy (non-hydrogen) atoms. The third kappa shape index (κ3) is 48.4. The molecule has 1 amide bonds. The molecule has 492 valence electrons. The van der Waals surface area contributed by atoms with Gasteiger partial charge in [-0.3, -0.25) is 9.59 Å². The molecule has 8 unspecified atom stereocenters. The third-order valence-electron chi connectivity index (χ3n) is 16.3. The van der Waals surface area contributed by atoms with Crippen LogP contribution in [-0.2, 0) is 23.8 Å². The minimum atomic E-state index is -1.62. The van der Waals surface area contributed by atoms with Crippen molar-refractivity contribution in [2.24, 2.45) is 0 Å². The third-order valence-corrected chi connectivity index (χ3v) is 16.3. The Balaban J connectivity index is 2.54. The number of allylic oxidation sites excluding steroid dienone is 13. The van der Waals surface area contributed by atoms with Crippen LogP contribution in [-0.4, -0.2) is 99.6 Å². The van der Waals surface area contributed by atoms with Crippen LogP contribution in [0.2, 0.25) is 0 Å². The number of nitrogens with one attached hydrogen (secondary N) is 1. The number of amides is 1. The lowest BCUT2D eigenvalue weighted by molar-refractivity contribution is -0.305. The summed E-state index contributed by atoms with van der Waals surface area (Å²) in [6.45, 7) is 5.74. The van der Waals surface area contributed by atoms with E-state index >= 15 is 0 Å². The highest BCUT2D eigenvalue weighted by molar-refractivity contribution is 5.80. The molecule has 0 aromatic rings. The van der Waals surface area contributed by atoms with Gasteiger partial charge in [0.05, 0.1) is 25.4 Å². The van der Waals surface area contributed by atoms with Gasteiger partial charge in [0.1, 0.15) is 24.4 Å². The number of unbranched alkanes of at least 4 members (excludes halogenated alkanes) is 34. The van der Waals surface area contributed by atoms with E-state index < -0.39 is 67.4 Å². The van der Waals surface area contributed by atoms with Crippen LogP contribution in [0.1, 0.15) is 310 Å². The van der Waals surface area contributed by atoms with Crippen molar-refractivity contribution in [3.05, 3.63) is 85.1 Å². The van der Waals surface area contributed by atoms with Gasteiger partial charge in [0, 0.05) is 6.42 Å². The smallest absolute Gasteiger partial charge is 0.306 e. The summed E-state index contributed by atoms with van der Waals surface area (Å²) < 4.78 is 17.7. The number of hydrogen-bond donors (Lipinski definition) is 6. The Kier molecular flexibility index (Phi) is 57.4. The largest absolute Gasteiger partial charge is 0.454 e. The maximum atomic E-state index is 13.5. The van der Waals surface area contributed by atoms with Crippen LogP contribution in [0.15, 0.2) is 85.1 Å². The summed E-state index contributed by atoms with van der Waals surface area (Å²) in [5.41, 5.74) is 0. The van der Waals surface area contributed by atoms with Crippen LogP contribution >= 0.6 is 0 Å². The van der Waals surface area contributed by atoms with E-state index in [2.05, 4.69) is 99.0 Å². The Morgan fingerprint density at radius 3 is 1.24 bits per heavy atom. The van der Waals surface area contributed by atoms with Gasteiger partial charge in [-0.25, -0.2) is 0 Å². The molecule has 6 N–H and O–H groups in total. The molecule has 11 nitrogen and oxygen atoms in total. The van der Waals surface area contributed by atoms with E-state index in [9.17, 15) is 35.1 Å². The average Bonchev–Trinajstić information content (AvgIpc) is 2.92. The Morgan fingerprint density at radius 1 is 0.459 bits per heavy atom. The Morgan fingerprint density at radius 2 is 0.812 bits per heavy atom. The normalized spacial score (nSPS) is 18.9. The molecule has 0 bridgehead atoms. The molecule has 11 heteroatoms. The zero-order valence-electron chi connectivity index (χ0n) is 54.7. The molecule has 8 atom stereocenters. The minimum absolute atomic E-state index is 0.119. The maximum absolute atomic E-state index is 13.5. The van der Waals surface area contributed by atoms with Crippen LogP contribution in [0.5, 0.6) is 0 Å². The topological polar surface area (TPSA) is 175 Å². The molecule has 0 aromatic carbocycles. The van der Waals surface area contributed by atoms with Crippen molar-refractivity contribution in [3.63, 3.8) is 0 Å². The van der Waals surface area contributed by atoms with Gasteiger partial charge in [0.2, 0.25) is 5.91 Å². The zero-order valence-corrected chi connectivity index (χ0v) is 54.7. The fourth-order valence-electron chi connectivity index (χ4n) is 10.7. The number of rotatable bonds is 60. The lowest BCUT2D eigenvalue weighted by atomic mass is 9.99. The number of aliphatic hydroxyl groups is 5. The first-order valence-corrected chi connectivity index (χ1v) is 35.4. The number of carbonyl (C=O) groups excluding carboxylic acids is 2. The standard InChI is InChI=1S/C74H131NO10/c1-4-7-10-13-16-19-22-24-26-28-30-31-32-33-34-35-36-37-38-40-42-44-47-50-53-56-59-62-69(79)85-72-71(81)70(80)68(63-76)84-74(72)83-64-65(66(77)60-57-54-51-48-45-21-18-15-12-9-6-3)75-73(82)67(78)61-58-55-52-49-46-43-41-39-29-27-25-23-20-17-14-11-8-5-2/h16-17,19-20,24-27,30-31,39,41,57,60,65-68,70-72,74,76-78,80-81H,4-15,18,21-23,28-29,32-38,40,42-56,58-59,61-64H2,1-3H3,(H,75,82)/b19-16-,20-17-,26-24-,27-25-,31-30-,41-39-,60-57+. The minimum Gasteiger partial charge on any atom is -0.454 e. The summed E-state index contributed by atoms with van der Waals surface area (Å²) in [4.78, 5) is 26.6. The molecule has 1 heterocycles. The number of ether oxygens (including phenoxy) is 3. The molecule has 0 aliphatic carbocycles. The lowest BCUT2D eigenvalue weighted by Gasteiger charge is -2.41. The molecule has 0 saturated carbocycles. The van der Waals surface area contributed by atoms with E-state index in [4.69, 9.17) is 14.2 Å². The first-order valence-electron chi connectivity index (χ1n) is 35.4. The SMILES string of the molecule is CCCCC/C=C\C/C=C\C/C=C\CCCCCCCCCCCCCCCCC(=O)OC1C(OCC(NC(=O)C(O)CCCCCCC/C=C\C/C=C\C/C=C\CCCCC)C(O)/C=C/CCCCCCCCCCC)OC(CO)C(O)C1O. The van der Waals surface area contributed by atoms with E-state index in [0.717, 1.165) is 96.3 Å². The number of aliphatic hydroxyl groups excluding tert-OH is 5. The van der Waals surface area contributed by atoms with Gasteiger partial charge in [-0.15, -0.1) is 0 Å². The Labute approximate surface area is 521 Å². The van der Waals surface area contributed by atoms with Crippen molar-refractivity contribution in [1.29, 1.82) is 0 Å². The fourth-order valence-corrected chi connectivity index (χ4v) is 10.7. The van der Waals surface area contributed by atoms with Crippen molar-refractivity contribution < 1.29 is 49.3 Å². The number of esters is 1. The van der Waals surface area contributed by atoms with Crippen LogP contribution < -0.4 is 5.32 Å². The van der Waals surface area contributed by atoms with Gasteiger partial charge in [0.25, 0.3) is 0 Å². The van der Waals surface area contributed by atoms with Gasteiger partial charge in [-0.05, 0) is 103 Å². The van der Waals surface area contributed by atoms with Crippen LogP contribution in [0, 0.1) is 0 Å². The lowest BCUT2D eigenvalue weighted by Crippen LogP contribution is -2.61. The van der Waals surface area contributed by atoms with Gasteiger partial charge in [-0.1, -0.05) is 286 Å². The molecule has 1 aliphatic rings. The predicted octanol–water partition coefficient (Wildman–Crippen LogP) is 18.1. The van der Waals surface area contributed by atoms with Crippen molar-refractivity contribution in [3.8, 4) is 0 Å². The van der Waals surface area contributed by atoms with Gasteiger partial charge in [0.15, 0.2) is 12.4 Å². The highest BCUT2D eigenvalue weighted by Crippen LogP contribution is 2.26. The van der Waals surface area contributed by atoms with E-state index in [1.54, 1.807) is 6.08 Å². The molecule has 1 rings (SSSR count). The maximum Gasteiger partial charge on any atom is 0.306 e. The second-order valence-electron chi connectivity index (χ2n) is 24.3. The number of hydrogen-bond acceptors (Lipinski definition) is 10. The predicted molar refractivity (Wildman–Crippen MR) is 356 cm³/mol. The van der Waals surface area contributed by atoms with Crippen molar-refractivity contribution >= 4 is 11.9 Å². The summed E-state index contributed by atoms with van der Waals surface area (Å²) in [7, 11) is 0. The second kappa shape index (κ2) is 61.1. The van der Waals surface area contributed by atoms with Gasteiger partial charge < -0.3 is 45.1 Å². The molecule has 0 spiro atoms. The Bertz CT molecular complexity index is 1710. The summed E-state index contributed by atoms with van der Waals surface area (Å²) >= 11 is 0. The highest BCUT2D eigenvalue weighted by Gasteiger charge is 2.47. The second-order valence-corrected chi connectivity index (χ2v) is 24.3. The quantitative estimate of drug-likeness (QED) is 0.0195. The van der Waals surface area contributed by atoms with Crippen molar-refractivity contribution in [2.75, 3.05) is 13.2 Å². The van der Waals surface area contributed by atoms with Crippen LogP contribution in [0.4, 0.5) is 0 Å².